The average molecular weight is 348 g/mol. The van der Waals surface area contributed by atoms with E-state index in [1.54, 1.807) is 0 Å². The third kappa shape index (κ3) is 2.92. The van der Waals surface area contributed by atoms with E-state index in [2.05, 4.69) is 75.2 Å². The lowest BCUT2D eigenvalue weighted by molar-refractivity contribution is 0.162. The Morgan fingerprint density at radius 2 is 1.95 bits per heavy atom. The number of benzene rings is 1. The molecule has 0 spiro atoms. The Morgan fingerprint density at radius 3 is 2.52 bits per heavy atom. The molecule has 0 unspecified atom stereocenters. The fourth-order valence-electron chi connectivity index (χ4n) is 3.21. The highest BCUT2D eigenvalue weighted by Crippen LogP contribution is 2.35. The van der Waals surface area contributed by atoms with Crippen molar-refractivity contribution in [2.75, 3.05) is 13.1 Å². The van der Waals surface area contributed by atoms with Crippen molar-refractivity contribution in [3.8, 4) is 0 Å². The Kier molecular flexibility index (Phi) is 4.18. The van der Waals surface area contributed by atoms with E-state index in [9.17, 15) is 0 Å². The molecule has 1 saturated heterocycles. The minimum absolute atomic E-state index is 0.323. The second-order valence-electron chi connectivity index (χ2n) is 6.10. The molecule has 1 aromatic carbocycles. The van der Waals surface area contributed by atoms with Crippen LogP contribution >= 0.6 is 15.9 Å². The van der Waals surface area contributed by atoms with Crippen molar-refractivity contribution in [2.24, 2.45) is 5.41 Å². The van der Waals surface area contributed by atoms with Crippen LogP contribution in [0.2, 0.25) is 0 Å². The van der Waals surface area contributed by atoms with E-state index < -0.39 is 0 Å². The van der Waals surface area contributed by atoms with E-state index in [4.69, 9.17) is 0 Å². The minimum atomic E-state index is 0.323. The van der Waals surface area contributed by atoms with E-state index in [1.165, 1.54) is 15.7 Å². The lowest BCUT2D eigenvalue weighted by Crippen LogP contribution is -2.56. The van der Waals surface area contributed by atoms with Gasteiger partial charge >= 0.3 is 0 Å². The maximum Gasteiger partial charge on any atom is 0.0738 e. The zero-order valence-electron chi connectivity index (χ0n) is 12.7. The molecule has 4 heteroatoms. The van der Waals surface area contributed by atoms with E-state index in [0.717, 1.165) is 38.2 Å². The fraction of sp³-hybridized carbons (Fsp3) is 0.471. The summed E-state index contributed by atoms with van der Waals surface area (Å²) in [7, 11) is 0. The van der Waals surface area contributed by atoms with Gasteiger partial charge in [-0.05, 0) is 48.2 Å². The van der Waals surface area contributed by atoms with Gasteiger partial charge in [0.05, 0.1) is 15.9 Å². The smallest absolute Gasteiger partial charge is 0.0738 e. The highest BCUT2D eigenvalue weighted by atomic mass is 79.9. The van der Waals surface area contributed by atoms with Gasteiger partial charge in [0.1, 0.15) is 0 Å². The van der Waals surface area contributed by atoms with E-state index in [-0.39, 0.29) is 0 Å². The highest BCUT2D eigenvalue weighted by molar-refractivity contribution is 9.10. The summed E-state index contributed by atoms with van der Waals surface area (Å²) in [6.07, 6.45) is 2.20. The molecule has 21 heavy (non-hydrogen) atoms. The molecule has 2 heterocycles. The minimum Gasteiger partial charge on any atom is -0.315 e. The second-order valence-corrected chi connectivity index (χ2v) is 6.90. The molecule has 1 fully saturated rings. The molecule has 1 aliphatic heterocycles. The summed E-state index contributed by atoms with van der Waals surface area (Å²) in [5.41, 5.74) is 4.18. The highest BCUT2D eigenvalue weighted by Gasteiger charge is 2.38. The Hall–Kier alpha value is -1.13. The number of nitrogens with zero attached hydrogens (tertiary/aromatic N) is 2. The van der Waals surface area contributed by atoms with Gasteiger partial charge in [0, 0.05) is 25.0 Å². The molecule has 0 bridgehead atoms. The first-order valence-corrected chi connectivity index (χ1v) is 8.39. The van der Waals surface area contributed by atoms with Crippen molar-refractivity contribution < 1.29 is 0 Å². The van der Waals surface area contributed by atoms with Gasteiger partial charge in [-0.3, -0.25) is 4.68 Å². The molecule has 3 rings (SSSR count). The van der Waals surface area contributed by atoms with Gasteiger partial charge in [0.25, 0.3) is 0 Å². The van der Waals surface area contributed by atoms with Crippen LogP contribution in [0.15, 0.2) is 34.8 Å². The molecule has 112 valence electrons. The van der Waals surface area contributed by atoms with Crippen molar-refractivity contribution in [3.05, 3.63) is 51.8 Å². The standard InChI is InChI=1S/C17H22BrN3/c1-3-21-15(16(18)13(2)20-21)10-17(11-19-12-17)9-14-7-5-4-6-8-14/h4-8,19H,3,9-12H2,1-2H3. The third-order valence-corrected chi connectivity index (χ3v) is 5.45. The summed E-state index contributed by atoms with van der Waals surface area (Å²) in [5, 5.41) is 8.09. The monoisotopic (exact) mass is 347 g/mol. The molecule has 1 aromatic heterocycles. The molecular weight excluding hydrogens is 326 g/mol. The van der Waals surface area contributed by atoms with E-state index >= 15 is 0 Å². The van der Waals surface area contributed by atoms with E-state index in [1.807, 2.05) is 0 Å². The van der Waals surface area contributed by atoms with Gasteiger partial charge in [-0.15, -0.1) is 0 Å². The van der Waals surface area contributed by atoms with Gasteiger partial charge in [0.15, 0.2) is 0 Å². The predicted molar refractivity (Wildman–Crippen MR) is 89.5 cm³/mol. The number of hydrogen-bond acceptors (Lipinski definition) is 2. The zero-order valence-corrected chi connectivity index (χ0v) is 14.3. The molecule has 3 nitrogen and oxygen atoms in total. The quantitative estimate of drug-likeness (QED) is 0.898. The number of nitrogens with one attached hydrogen (secondary N) is 1. The molecule has 1 aliphatic rings. The maximum atomic E-state index is 4.63. The number of aromatic nitrogens is 2. The van der Waals surface area contributed by atoms with Gasteiger partial charge < -0.3 is 5.32 Å². The first-order valence-electron chi connectivity index (χ1n) is 7.60. The largest absolute Gasteiger partial charge is 0.315 e. The summed E-state index contributed by atoms with van der Waals surface area (Å²) in [6, 6.07) is 10.8. The summed E-state index contributed by atoms with van der Waals surface area (Å²) >= 11 is 3.73. The van der Waals surface area contributed by atoms with Crippen LogP contribution in [0.1, 0.15) is 23.9 Å². The van der Waals surface area contributed by atoms with Crippen molar-refractivity contribution in [1.29, 1.82) is 0 Å². The van der Waals surface area contributed by atoms with Crippen LogP contribution in [0, 0.1) is 12.3 Å². The molecule has 0 saturated carbocycles. The van der Waals surface area contributed by atoms with E-state index in [0.29, 0.717) is 5.41 Å². The van der Waals surface area contributed by atoms with Gasteiger partial charge in [-0.1, -0.05) is 30.3 Å². The molecule has 0 aliphatic carbocycles. The van der Waals surface area contributed by atoms with Crippen molar-refractivity contribution in [2.45, 2.75) is 33.2 Å². The number of rotatable bonds is 5. The predicted octanol–water partition coefficient (Wildman–Crippen LogP) is 3.35. The van der Waals surface area contributed by atoms with Gasteiger partial charge in [-0.25, -0.2) is 0 Å². The van der Waals surface area contributed by atoms with Gasteiger partial charge in [-0.2, -0.15) is 5.10 Å². The Bertz CT molecular complexity index is 614. The summed E-state index contributed by atoms with van der Waals surface area (Å²) in [6.45, 7) is 7.33. The maximum absolute atomic E-state index is 4.63. The molecule has 1 N–H and O–H groups in total. The van der Waals surface area contributed by atoms with Crippen LogP contribution in [-0.2, 0) is 19.4 Å². The second kappa shape index (κ2) is 5.93. The number of aryl methyl sites for hydroxylation is 2. The third-order valence-electron chi connectivity index (χ3n) is 4.42. The SMILES string of the molecule is CCn1nc(C)c(Br)c1CC1(Cc2ccccc2)CNC1. The molecule has 2 aromatic rings. The van der Waals surface area contributed by atoms with Crippen LogP contribution in [0.3, 0.4) is 0 Å². The van der Waals surface area contributed by atoms with Crippen molar-refractivity contribution >= 4 is 15.9 Å². The lowest BCUT2D eigenvalue weighted by Gasteiger charge is -2.43. The average Bonchev–Trinajstić information content (AvgIpc) is 2.73. The van der Waals surface area contributed by atoms with Crippen LogP contribution in [-0.4, -0.2) is 22.9 Å². The molecule has 0 radical (unpaired) electrons. The van der Waals surface area contributed by atoms with Crippen LogP contribution in [0.5, 0.6) is 0 Å². The normalized spacial score (nSPS) is 16.7. The first kappa shape index (κ1) is 14.8. The van der Waals surface area contributed by atoms with Crippen molar-refractivity contribution in [1.82, 2.24) is 15.1 Å². The Balaban J connectivity index is 1.84. The zero-order chi connectivity index (χ0) is 14.9. The first-order chi connectivity index (χ1) is 10.1. The van der Waals surface area contributed by atoms with Crippen LogP contribution < -0.4 is 5.32 Å². The fourth-order valence-corrected chi connectivity index (χ4v) is 3.64. The number of hydrogen-bond donors (Lipinski definition) is 1. The summed E-state index contributed by atoms with van der Waals surface area (Å²) < 4.78 is 3.33. The summed E-state index contributed by atoms with van der Waals surface area (Å²) in [5.74, 6) is 0. The molecule has 0 atom stereocenters. The van der Waals surface area contributed by atoms with Crippen molar-refractivity contribution in [3.63, 3.8) is 0 Å². The summed E-state index contributed by atoms with van der Waals surface area (Å²) in [4.78, 5) is 0. The Morgan fingerprint density at radius 1 is 1.24 bits per heavy atom. The Labute approximate surface area is 134 Å². The lowest BCUT2D eigenvalue weighted by atomic mass is 9.73. The topological polar surface area (TPSA) is 29.9 Å². The molecular formula is C17H22BrN3. The molecule has 0 amide bonds. The number of halogens is 1. The van der Waals surface area contributed by atoms with Crippen LogP contribution in [0.4, 0.5) is 0 Å². The van der Waals surface area contributed by atoms with Gasteiger partial charge in [0.2, 0.25) is 0 Å². The van der Waals surface area contributed by atoms with Crippen LogP contribution in [0.25, 0.3) is 0 Å².